The third-order valence-electron chi connectivity index (χ3n) is 5.47. The molecule has 8 heteroatoms. The summed E-state index contributed by atoms with van der Waals surface area (Å²) in [5.74, 6) is -0.679. The van der Waals surface area contributed by atoms with E-state index in [4.69, 9.17) is 0 Å². The highest BCUT2D eigenvalue weighted by Crippen LogP contribution is 2.34. The first-order valence-corrected chi connectivity index (χ1v) is 10.9. The van der Waals surface area contributed by atoms with E-state index in [0.29, 0.717) is 24.7 Å². The van der Waals surface area contributed by atoms with E-state index in [0.717, 1.165) is 6.54 Å². The van der Waals surface area contributed by atoms with Gasteiger partial charge in [0.05, 0.1) is 17.5 Å². The van der Waals surface area contributed by atoms with Crippen molar-refractivity contribution in [2.24, 2.45) is 5.92 Å². The molecule has 1 saturated carbocycles. The van der Waals surface area contributed by atoms with Gasteiger partial charge in [-0.05, 0) is 30.9 Å². The van der Waals surface area contributed by atoms with Crippen LogP contribution < -0.4 is 5.32 Å². The zero-order valence-electron chi connectivity index (χ0n) is 14.5. The molecule has 0 radical (unpaired) electrons. The number of para-hydroxylation sites is 1. The van der Waals surface area contributed by atoms with E-state index in [1.807, 2.05) is 6.07 Å². The quantitative estimate of drug-likeness (QED) is 0.768. The number of benzene rings is 1. The summed E-state index contributed by atoms with van der Waals surface area (Å²) in [4.78, 5) is 28.7. The fraction of sp³-hybridized carbons (Fsp3) is 0.556. The highest BCUT2D eigenvalue weighted by Gasteiger charge is 2.49. The lowest BCUT2D eigenvalue weighted by Gasteiger charge is -2.43. The van der Waals surface area contributed by atoms with E-state index in [-0.39, 0.29) is 17.5 Å². The maximum atomic E-state index is 12.7. The number of nitrogens with one attached hydrogen (secondary N) is 1. The van der Waals surface area contributed by atoms with Gasteiger partial charge in [0.1, 0.15) is 0 Å². The van der Waals surface area contributed by atoms with Crippen LogP contribution in [-0.2, 0) is 19.4 Å². The fourth-order valence-corrected chi connectivity index (χ4v) is 5.98. The highest BCUT2D eigenvalue weighted by molar-refractivity contribution is 7.91. The predicted octanol–water partition coefficient (Wildman–Crippen LogP) is 0.345. The average Bonchev–Trinajstić information content (AvgIpc) is 3.35. The number of carbonyl (C=O) groups is 2. The van der Waals surface area contributed by atoms with Crippen LogP contribution in [0.25, 0.3) is 0 Å². The van der Waals surface area contributed by atoms with Crippen molar-refractivity contribution in [3.05, 3.63) is 30.3 Å². The van der Waals surface area contributed by atoms with Crippen molar-refractivity contribution in [3.8, 4) is 0 Å². The van der Waals surface area contributed by atoms with Gasteiger partial charge < -0.3 is 10.2 Å². The number of nitrogens with zero attached hydrogens (tertiary/aromatic N) is 2. The Hall–Kier alpha value is -1.93. The summed E-state index contributed by atoms with van der Waals surface area (Å²) in [6.07, 6.45) is 2.39. The molecule has 7 nitrogen and oxygen atoms in total. The van der Waals surface area contributed by atoms with Crippen molar-refractivity contribution >= 4 is 27.3 Å². The van der Waals surface area contributed by atoms with Crippen molar-refractivity contribution in [2.45, 2.75) is 24.9 Å². The van der Waals surface area contributed by atoms with Crippen molar-refractivity contribution in [1.82, 2.24) is 9.80 Å². The fourth-order valence-electron chi connectivity index (χ4n) is 3.97. The summed E-state index contributed by atoms with van der Waals surface area (Å²) in [5, 5.41) is 2.60. The van der Waals surface area contributed by atoms with Crippen LogP contribution in [0.2, 0.25) is 0 Å². The van der Waals surface area contributed by atoms with Crippen LogP contribution in [0.4, 0.5) is 5.69 Å². The Morgan fingerprint density at radius 3 is 2.42 bits per heavy atom. The molecule has 1 aromatic rings. The lowest BCUT2D eigenvalue weighted by atomic mass is 10.0. The minimum Gasteiger partial charge on any atom is -0.328 e. The number of anilines is 1. The maximum Gasteiger partial charge on any atom is 0.313 e. The van der Waals surface area contributed by atoms with Crippen LogP contribution in [0, 0.1) is 5.92 Å². The average molecular weight is 377 g/mol. The SMILES string of the molecule is O=C(Nc1ccccc1)C(=O)N1CCN(CC2CC2)C2CS(=O)(=O)CC21. The van der Waals surface area contributed by atoms with E-state index in [2.05, 4.69) is 10.2 Å². The van der Waals surface area contributed by atoms with E-state index >= 15 is 0 Å². The largest absolute Gasteiger partial charge is 0.328 e. The monoisotopic (exact) mass is 377 g/mol. The first-order valence-electron chi connectivity index (χ1n) is 9.04. The number of amides is 2. The van der Waals surface area contributed by atoms with E-state index in [9.17, 15) is 18.0 Å². The molecule has 2 amide bonds. The van der Waals surface area contributed by atoms with Gasteiger partial charge in [0.2, 0.25) is 0 Å². The molecule has 140 valence electrons. The van der Waals surface area contributed by atoms with E-state index in [1.54, 1.807) is 24.3 Å². The molecular weight excluding hydrogens is 354 g/mol. The second-order valence-electron chi connectivity index (χ2n) is 7.47. The van der Waals surface area contributed by atoms with Crippen molar-refractivity contribution in [2.75, 3.05) is 36.5 Å². The number of fused-ring (bicyclic) bond motifs is 1. The lowest BCUT2D eigenvalue weighted by molar-refractivity contribution is -0.147. The molecule has 4 rings (SSSR count). The zero-order chi connectivity index (χ0) is 18.3. The first kappa shape index (κ1) is 17.5. The molecule has 1 aromatic carbocycles. The van der Waals surface area contributed by atoms with Crippen molar-refractivity contribution in [3.63, 3.8) is 0 Å². The number of piperazine rings is 1. The Morgan fingerprint density at radius 1 is 1.04 bits per heavy atom. The minimum atomic E-state index is -3.20. The van der Waals surface area contributed by atoms with Gasteiger partial charge in [-0.2, -0.15) is 0 Å². The molecule has 3 aliphatic rings. The predicted molar refractivity (Wildman–Crippen MR) is 97.3 cm³/mol. The first-order chi connectivity index (χ1) is 12.4. The Balaban J connectivity index is 1.49. The Morgan fingerprint density at radius 2 is 1.73 bits per heavy atom. The van der Waals surface area contributed by atoms with Crippen molar-refractivity contribution < 1.29 is 18.0 Å². The van der Waals surface area contributed by atoms with Gasteiger partial charge in [-0.15, -0.1) is 0 Å². The van der Waals surface area contributed by atoms with Crippen molar-refractivity contribution in [1.29, 1.82) is 0 Å². The van der Waals surface area contributed by atoms with Gasteiger partial charge in [-0.25, -0.2) is 8.42 Å². The smallest absolute Gasteiger partial charge is 0.313 e. The molecule has 1 aliphatic carbocycles. The third-order valence-corrected chi connectivity index (χ3v) is 7.17. The summed E-state index contributed by atoms with van der Waals surface area (Å²) >= 11 is 0. The molecule has 2 unspecified atom stereocenters. The Kier molecular flexibility index (Phi) is 4.48. The maximum absolute atomic E-state index is 12.7. The van der Waals surface area contributed by atoms with E-state index in [1.165, 1.54) is 17.7 Å². The molecule has 0 spiro atoms. The molecule has 2 atom stereocenters. The van der Waals surface area contributed by atoms with Crippen LogP contribution >= 0.6 is 0 Å². The lowest BCUT2D eigenvalue weighted by Crippen LogP contribution is -2.62. The molecule has 2 heterocycles. The Labute approximate surface area is 153 Å². The molecule has 0 aromatic heterocycles. The van der Waals surface area contributed by atoms with Gasteiger partial charge in [-0.1, -0.05) is 18.2 Å². The third kappa shape index (κ3) is 3.61. The normalized spacial score (nSPS) is 27.8. The minimum absolute atomic E-state index is 0.0524. The van der Waals surface area contributed by atoms with Gasteiger partial charge in [0.15, 0.2) is 9.84 Å². The molecule has 26 heavy (non-hydrogen) atoms. The van der Waals surface area contributed by atoms with E-state index < -0.39 is 27.7 Å². The van der Waals surface area contributed by atoms with Gasteiger partial charge in [0, 0.05) is 31.4 Å². The summed E-state index contributed by atoms with van der Waals surface area (Å²) in [6, 6.07) is 8.17. The summed E-state index contributed by atoms with van der Waals surface area (Å²) in [6.45, 7) is 1.91. The van der Waals surface area contributed by atoms with Gasteiger partial charge in [-0.3, -0.25) is 14.5 Å². The summed E-state index contributed by atoms with van der Waals surface area (Å²) < 4.78 is 24.4. The highest BCUT2D eigenvalue weighted by atomic mass is 32.2. The molecule has 0 bridgehead atoms. The number of carbonyl (C=O) groups excluding carboxylic acids is 2. The van der Waals surface area contributed by atoms with Crippen LogP contribution in [0.15, 0.2) is 30.3 Å². The number of sulfone groups is 1. The Bertz CT molecular complexity index is 807. The van der Waals surface area contributed by atoms with Gasteiger partial charge in [0.25, 0.3) is 0 Å². The molecule has 1 N–H and O–H groups in total. The topological polar surface area (TPSA) is 86.8 Å². The molecular formula is C18H23N3O4S. The molecule has 2 aliphatic heterocycles. The molecule has 2 saturated heterocycles. The summed E-state index contributed by atoms with van der Waals surface area (Å²) in [7, 11) is -3.20. The second kappa shape index (κ2) is 6.66. The standard InChI is InChI=1S/C18H23N3O4S/c22-17(19-14-4-2-1-3-5-14)18(23)21-9-8-20(10-13-6-7-13)15-11-26(24,25)12-16(15)21/h1-5,13,15-16H,6-12H2,(H,19,22). The molecule has 3 fully saturated rings. The van der Waals surface area contributed by atoms with Crippen LogP contribution in [0.1, 0.15) is 12.8 Å². The van der Waals surface area contributed by atoms with Crippen LogP contribution in [0.5, 0.6) is 0 Å². The van der Waals surface area contributed by atoms with Crippen LogP contribution in [0.3, 0.4) is 0 Å². The zero-order valence-corrected chi connectivity index (χ0v) is 15.3. The number of hydrogen-bond donors (Lipinski definition) is 1. The second-order valence-corrected chi connectivity index (χ2v) is 9.62. The van der Waals surface area contributed by atoms with Gasteiger partial charge >= 0.3 is 11.8 Å². The summed E-state index contributed by atoms with van der Waals surface area (Å²) in [5.41, 5.74) is 0.550. The number of hydrogen-bond acceptors (Lipinski definition) is 5. The number of rotatable bonds is 3. The van der Waals surface area contributed by atoms with Crippen LogP contribution in [-0.4, -0.2) is 73.3 Å².